The molecule has 6 heteroatoms. The maximum Gasteiger partial charge on any atom is 0.152 e. The van der Waals surface area contributed by atoms with Crippen LogP contribution in [0.1, 0.15) is 40.5 Å². The third-order valence-electron chi connectivity index (χ3n) is 2.40. The Kier molecular flexibility index (Phi) is 15.4. The highest BCUT2D eigenvalue weighted by atomic mass is 16.5. The molecule has 0 spiro atoms. The second-order valence-electron chi connectivity index (χ2n) is 5.34. The maximum absolute atomic E-state index is 10.2. The van der Waals surface area contributed by atoms with E-state index in [1.54, 1.807) is 26.0 Å². The van der Waals surface area contributed by atoms with Gasteiger partial charge in [0.05, 0.1) is 18.8 Å². The van der Waals surface area contributed by atoms with E-state index in [1.165, 1.54) is 6.20 Å². The lowest BCUT2D eigenvalue weighted by Crippen LogP contribution is -2.36. The number of hydrogen-bond donors (Lipinski definition) is 4. The predicted molar refractivity (Wildman–Crippen MR) is 87.2 cm³/mol. The molecule has 22 heavy (non-hydrogen) atoms. The van der Waals surface area contributed by atoms with Gasteiger partial charge in [0.15, 0.2) is 5.78 Å². The highest BCUT2D eigenvalue weighted by Gasteiger charge is 2.20. The molecular weight excluding hydrogens is 286 g/mol. The molecule has 3 atom stereocenters. The summed E-state index contributed by atoms with van der Waals surface area (Å²) < 4.78 is 4.84. The molecule has 0 aliphatic carbocycles. The quantitative estimate of drug-likeness (QED) is 0.575. The van der Waals surface area contributed by atoms with Gasteiger partial charge in [-0.1, -0.05) is 11.6 Å². The maximum atomic E-state index is 10.2. The van der Waals surface area contributed by atoms with E-state index in [2.05, 4.69) is 0 Å². The fourth-order valence-corrected chi connectivity index (χ4v) is 1.39. The number of aliphatic hydroxyl groups excluding tert-OH is 3. The molecule has 0 amide bonds. The van der Waals surface area contributed by atoms with Crippen LogP contribution >= 0.6 is 0 Å². The van der Waals surface area contributed by atoms with Crippen molar-refractivity contribution in [2.45, 2.75) is 58.8 Å². The molecule has 0 aromatic rings. The number of hydrogen-bond acceptors (Lipinski definition) is 6. The molecular formula is C16H31NO5. The largest absolute Gasteiger partial charge is 0.405 e. The molecule has 0 aromatic heterocycles. The normalized spacial score (nSPS) is 21.8. The molecule has 1 rings (SSSR count). The van der Waals surface area contributed by atoms with Gasteiger partial charge in [-0.05, 0) is 52.8 Å². The van der Waals surface area contributed by atoms with Crippen LogP contribution in [0.4, 0.5) is 0 Å². The van der Waals surface area contributed by atoms with Gasteiger partial charge in [-0.15, -0.1) is 0 Å². The van der Waals surface area contributed by atoms with E-state index in [0.717, 1.165) is 5.57 Å². The van der Waals surface area contributed by atoms with E-state index < -0.39 is 12.2 Å². The standard InChI is InChI=1S/C6H10O.C5H11NO.C5H10O3/c1-5(2)4-6(3)7;1-5(7)3-2-4-6;6-4-1-2-8-3-5(4)7/h4H,1-3H3;2,4-5,7H,3,6H2,1H3;4-7H,1-3H2/b;4-2+;. The number of rotatable bonds is 3. The Balaban J connectivity index is 0. The Labute approximate surface area is 133 Å². The van der Waals surface area contributed by atoms with E-state index in [1.807, 2.05) is 13.8 Å². The van der Waals surface area contributed by atoms with Crippen molar-refractivity contribution in [2.24, 2.45) is 5.73 Å². The molecule has 0 radical (unpaired) electrons. The van der Waals surface area contributed by atoms with Crippen molar-refractivity contribution >= 4 is 5.78 Å². The summed E-state index contributed by atoms with van der Waals surface area (Å²) in [5.41, 5.74) is 6.05. The van der Waals surface area contributed by atoms with E-state index in [4.69, 9.17) is 25.8 Å². The Morgan fingerprint density at radius 2 is 1.91 bits per heavy atom. The van der Waals surface area contributed by atoms with Crippen molar-refractivity contribution in [3.63, 3.8) is 0 Å². The average Bonchev–Trinajstić information content (AvgIpc) is 2.39. The van der Waals surface area contributed by atoms with Crippen molar-refractivity contribution < 1.29 is 24.9 Å². The lowest BCUT2D eigenvalue weighted by Gasteiger charge is -2.22. The van der Waals surface area contributed by atoms with Crippen molar-refractivity contribution in [1.82, 2.24) is 0 Å². The summed E-state index contributed by atoms with van der Waals surface area (Å²) in [7, 11) is 0. The summed E-state index contributed by atoms with van der Waals surface area (Å²) in [4.78, 5) is 10.2. The highest BCUT2D eigenvalue weighted by Crippen LogP contribution is 2.05. The van der Waals surface area contributed by atoms with Crippen LogP contribution in [-0.4, -0.2) is 52.6 Å². The molecule has 3 unspecified atom stereocenters. The number of aliphatic hydroxyl groups is 3. The van der Waals surface area contributed by atoms with Crippen molar-refractivity contribution in [3.05, 3.63) is 23.9 Å². The summed E-state index contributed by atoms with van der Waals surface area (Å²) in [6, 6.07) is 0. The van der Waals surface area contributed by atoms with Gasteiger partial charge in [0.1, 0.15) is 6.10 Å². The minimum absolute atomic E-state index is 0.125. The first kappa shape index (κ1) is 23.1. The SMILES string of the molecule is CC(=O)C=C(C)C.CC(O)C/C=C/N.OC1CCOCC1O. The Bertz CT molecular complexity index is 325. The molecule has 0 bridgehead atoms. The summed E-state index contributed by atoms with van der Waals surface area (Å²) in [5.74, 6) is 0.125. The van der Waals surface area contributed by atoms with Crippen LogP contribution in [0.3, 0.4) is 0 Å². The Hall–Kier alpha value is -1.21. The predicted octanol–water partition coefficient (Wildman–Crippen LogP) is 0.900. The second kappa shape index (κ2) is 14.7. The number of carbonyl (C=O) groups is 1. The van der Waals surface area contributed by atoms with Gasteiger partial charge >= 0.3 is 0 Å². The lowest BCUT2D eigenvalue weighted by atomic mass is 10.1. The van der Waals surface area contributed by atoms with E-state index in [9.17, 15) is 4.79 Å². The number of allylic oxidation sites excluding steroid dienone is 2. The topological polar surface area (TPSA) is 113 Å². The van der Waals surface area contributed by atoms with Gasteiger partial charge in [-0.2, -0.15) is 0 Å². The third-order valence-corrected chi connectivity index (χ3v) is 2.40. The fourth-order valence-electron chi connectivity index (χ4n) is 1.39. The molecule has 5 N–H and O–H groups in total. The monoisotopic (exact) mass is 317 g/mol. The summed E-state index contributed by atoms with van der Waals surface area (Å²) in [6.45, 7) is 7.93. The van der Waals surface area contributed by atoms with Gasteiger partial charge in [0.25, 0.3) is 0 Å². The summed E-state index contributed by atoms with van der Waals surface area (Å²) >= 11 is 0. The minimum atomic E-state index is -0.663. The zero-order chi connectivity index (χ0) is 17.5. The van der Waals surface area contributed by atoms with Crippen LogP contribution in [0.15, 0.2) is 23.9 Å². The average molecular weight is 317 g/mol. The first-order valence-electron chi connectivity index (χ1n) is 7.34. The molecule has 1 aliphatic heterocycles. The molecule has 0 aromatic carbocycles. The van der Waals surface area contributed by atoms with Crippen molar-refractivity contribution in [3.8, 4) is 0 Å². The van der Waals surface area contributed by atoms with Gasteiger partial charge < -0.3 is 25.8 Å². The molecule has 1 heterocycles. The summed E-state index contributed by atoms with van der Waals surface area (Å²) in [5, 5.41) is 26.2. The molecule has 1 saturated heterocycles. The van der Waals surface area contributed by atoms with Gasteiger partial charge in [-0.3, -0.25) is 4.79 Å². The van der Waals surface area contributed by atoms with Crippen LogP contribution in [-0.2, 0) is 9.53 Å². The van der Waals surface area contributed by atoms with Gasteiger partial charge in [-0.25, -0.2) is 0 Å². The lowest BCUT2D eigenvalue weighted by molar-refractivity contribution is -0.112. The molecule has 6 nitrogen and oxygen atoms in total. The third kappa shape index (κ3) is 18.8. The van der Waals surface area contributed by atoms with Crippen LogP contribution < -0.4 is 5.73 Å². The molecule has 1 aliphatic rings. The van der Waals surface area contributed by atoms with E-state index in [-0.39, 0.29) is 18.5 Å². The Morgan fingerprint density at radius 1 is 1.32 bits per heavy atom. The first-order valence-corrected chi connectivity index (χ1v) is 7.34. The zero-order valence-corrected chi connectivity index (χ0v) is 14.0. The molecule has 130 valence electrons. The number of carbonyl (C=O) groups excluding carboxylic acids is 1. The van der Waals surface area contributed by atoms with Crippen LogP contribution in [0.5, 0.6) is 0 Å². The smallest absolute Gasteiger partial charge is 0.152 e. The minimum Gasteiger partial charge on any atom is -0.405 e. The zero-order valence-electron chi connectivity index (χ0n) is 14.0. The van der Waals surface area contributed by atoms with Crippen molar-refractivity contribution in [2.75, 3.05) is 13.2 Å². The number of ether oxygens (including phenoxy) is 1. The highest BCUT2D eigenvalue weighted by molar-refractivity contribution is 5.87. The van der Waals surface area contributed by atoms with Crippen LogP contribution in [0.2, 0.25) is 0 Å². The molecule has 0 saturated carbocycles. The van der Waals surface area contributed by atoms with Crippen LogP contribution in [0.25, 0.3) is 0 Å². The molecule has 1 fully saturated rings. The van der Waals surface area contributed by atoms with Crippen LogP contribution in [0, 0.1) is 0 Å². The fraction of sp³-hybridized carbons (Fsp3) is 0.688. The van der Waals surface area contributed by atoms with Gasteiger partial charge in [0, 0.05) is 6.61 Å². The van der Waals surface area contributed by atoms with E-state index in [0.29, 0.717) is 19.4 Å². The second-order valence-corrected chi connectivity index (χ2v) is 5.34. The number of nitrogens with two attached hydrogens (primary N) is 1. The Morgan fingerprint density at radius 3 is 2.09 bits per heavy atom. The van der Waals surface area contributed by atoms with Gasteiger partial charge in [0.2, 0.25) is 0 Å². The number of ketones is 1. The summed E-state index contributed by atoms with van der Waals surface area (Å²) in [6.07, 6.45) is 4.49. The first-order chi connectivity index (χ1) is 10.2. The van der Waals surface area contributed by atoms with Crippen molar-refractivity contribution in [1.29, 1.82) is 0 Å². The van der Waals surface area contributed by atoms with E-state index >= 15 is 0 Å².